The van der Waals surface area contributed by atoms with Gasteiger partial charge in [0.25, 0.3) is 11.5 Å². The van der Waals surface area contributed by atoms with Crippen molar-refractivity contribution in [1.82, 2.24) is 9.99 Å². The molecule has 1 N–H and O–H groups in total. The van der Waals surface area contributed by atoms with Gasteiger partial charge in [-0.15, -0.1) is 0 Å². The summed E-state index contributed by atoms with van der Waals surface area (Å²) in [5, 5.41) is 1.21. The summed E-state index contributed by atoms with van der Waals surface area (Å²) in [7, 11) is 0. The molecule has 1 saturated carbocycles. The highest BCUT2D eigenvalue weighted by Crippen LogP contribution is 2.41. The molecule has 7 nitrogen and oxygen atoms in total. The molecule has 1 aliphatic carbocycles. The second-order valence-corrected chi connectivity index (χ2v) is 9.61. The first-order valence-corrected chi connectivity index (χ1v) is 11.4. The maximum absolute atomic E-state index is 15.4. The molecule has 0 saturated heterocycles. The lowest BCUT2D eigenvalue weighted by Crippen LogP contribution is -2.50. The number of amides is 2. The van der Waals surface area contributed by atoms with Crippen LogP contribution < -0.4 is 15.9 Å². The summed E-state index contributed by atoms with van der Waals surface area (Å²) in [4.78, 5) is 41.6. The summed E-state index contributed by atoms with van der Waals surface area (Å²) in [5.41, 5.74) is -4.20. The predicted molar refractivity (Wildman–Crippen MR) is 137 cm³/mol. The Labute approximate surface area is 221 Å². The van der Waals surface area contributed by atoms with Crippen molar-refractivity contribution >= 4 is 22.8 Å². The molecule has 1 aliphatic rings. The number of carbonyl (C=O) groups excluding carboxylic acids is 2. The summed E-state index contributed by atoms with van der Waals surface area (Å²) in [6.07, 6.45) is -0.244. The van der Waals surface area contributed by atoms with Crippen molar-refractivity contribution in [2.75, 3.05) is 11.5 Å². The van der Waals surface area contributed by atoms with E-state index in [1.54, 1.807) is 30.3 Å². The molecule has 2 aromatic carbocycles. The van der Waals surface area contributed by atoms with E-state index in [1.807, 2.05) is 0 Å². The lowest BCUT2D eigenvalue weighted by molar-refractivity contribution is 0.0537. The smallest absolute Gasteiger partial charge is 0.429 e. The summed E-state index contributed by atoms with van der Waals surface area (Å²) < 4.78 is 85.9. The molecule has 190 valence electrons. The van der Waals surface area contributed by atoms with E-state index in [9.17, 15) is 14.4 Å². The molecule has 1 heterocycles. The first-order valence-electron chi connectivity index (χ1n) is 15.4. The van der Waals surface area contributed by atoms with E-state index in [1.165, 1.54) is 20.8 Å². The minimum Gasteiger partial charge on any atom is -0.442 e. The topological polar surface area (TPSA) is 80.6 Å². The van der Waals surface area contributed by atoms with Gasteiger partial charge in [0.2, 0.25) is 0 Å². The lowest BCUT2D eigenvalue weighted by atomic mass is 9.99. The van der Waals surface area contributed by atoms with Gasteiger partial charge in [0, 0.05) is 20.1 Å². The van der Waals surface area contributed by atoms with Crippen molar-refractivity contribution in [3.63, 3.8) is 0 Å². The van der Waals surface area contributed by atoms with E-state index in [4.69, 9.17) is 15.7 Å². The number of ether oxygens (including phenoxy) is 1. The normalized spacial score (nSPS) is 18.8. The van der Waals surface area contributed by atoms with E-state index in [0.29, 0.717) is 5.56 Å². The minimum atomic E-state index is -3.79. The van der Waals surface area contributed by atoms with Crippen molar-refractivity contribution in [3.05, 3.63) is 81.5 Å². The number of hydrogen-bond acceptors (Lipinski definition) is 4. The number of aromatic nitrogens is 1. The van der Waals surface area contributed by atoms with E-state index < -0.39 is 77.3 Å². The highest BCUT2D eigenvalue weighted by atomic mass is 19.1. The average Bonchev–Trinajstić information content (AvgIpc) is 3.71. The highest BCUT2D eigenvalue weighted by Gasteiger charge is 2.35. The molecule has 2 amide bonds. The van der Waals surface area contributed by atoms with Crippen LogP contribution in [0.4, 0.5) is 9.18 Å². The van der Waals surface area contributed by atoms with Gasteiger partial charge in [-0.3, -0.25) is 9.59 Å². The number of nitrogens with one attached hydrogen (secondary N) is 1. The molecule has 0 spiro atoms. The van der Waals surface area contributed by atoms with Crippen molar-refractivity contribution in [3.8, 4) is 0 Å². The Bertz CT molecular complexity index is 1650. The van der Waals surface area contributed by atoms with Gasteiger partial charge in [-0.2, -0.15) is 0 Å². The van der Waals surface area contributed by atoms with Gasteiger partial charge in [0.1, 0.15) is 11.4 Å². The first kappa shape index (κ1) is 16.9. The van der Waals surface area contributed by atoms with Crippen molar-refractivity contribution in [2.45, 2.75) is 59.0 Å². The third kappa shape index (κ3) is 4.98. The van der Waals surface area contributed by atoms with E-state index in [2.05, 4.69) is 5.32 Å². The standard InChI is InChI=1S/C28H32FN3O4/c1-6-31(27(35)36-28(3,4)5)32-17(2)22(20-13-10-14-21(29)23(20)26(32)34)25(33)30-24(19-15-16-19)18-11-8-7-9-12-18/h7-14,19,24H,6,15-16H2,1-5H3,(H,30,33)/t24-/m1/s1/i1D3,2D3,6D2. The van der Waals surface area contributed by atoms with Crippen LogP contribution in [0, 0.1) is 18.6 Å². The number of pyridine rings is 1. The summed E-state index contributed by atoms with van der Waals surface area (Å²) in [6.45, 7) is -6.77. The van der Waals surface area contributed by atoms with Gasteiger partial charge in [-0.05, 0) is 64.9 Å². The second kappa shape index (κ2) is 9.76. The van der Waals surface area contributed by atoms with Crippen LogP contribution >= 0.6 is 0 Å². The van der Waals surface area contributed by atoms with Gasteiger partial charge >= 0.3 is 6.09 Å². The fourth-order valence-electron chi connectivity index (χ4n) is 4.07. The van der Waals surface area contributed by atoms with Crippen LogP contribution in [0.5, 0.6) is 0 Å². The molecule has 3 aromatic rings. The molecule has 8 heteroatoms. The van der Waals surface area contributed by atoms with Crippen LogP contribution in [0.1, 0.15) is 79.1 Å². The maximum atomic E-state index is 15.4. The predicted octanol–water partition coefficient (Wildman–Crippen LogP) is 5.22. The van der Waals surface area contributed by atoms with Crippen molar-refractivity contribution < 1.29 is 29.7 Å². The third-order valence-electron chi connectivity index (χ3n) is 5.78. The van der Waals surface area contributed by atoms with Crippen molar-refractivity contribution in [2.24, 2.45) is 5.92 Å². The molecule has 1 fully saturated rings. The Kier molecular flexibility index (Phi) is 4.58. The molecule has 0 aliphatic heterocycles. The monoisotopic (exact) mass is 501 g/mol. The molecule has 1 atom stereocenters. The average molecular weight is 502 g/mol. The number of nitrogens with zero attached hydrogens (tertiary/aromatic N) is 2. The van der Waals surface area contributed by atoms with Crippen LogP contribution in [0.15, 0.2) is 53.3 Å². The van der Waals surface area contributed by atoms with E-state index in [-0.39, 0.29) is 15.6 Å². The summed E-state index contributed by atoms with van der Waals surface area (Å²) in [6, 6.07) is 11.4. The Hall–Kier alpha value is -3.68. The number of fused-ring (bicyclic) bond motifs is 1. The number of halogens is 1. The van der Waals surface area contributed by atoms with Crippen LogP contribution in [0.3, 0.4) is 0 Å². The Morgan fingerprint density at radius 2 is 1.94 bits per heavy atom. The lowest BCUT2D eigenvalue weighted by Gasteiger charge is -2.30. The summed E-state index contributed by atoms with van der Waals surface area (Å²) in [5.74, 6) is -2.28. The SMILES string of the molecule is [2H]C([2H])([2H])c1c(C(=O)N[C@H](c2ccccc2)C2CC2)c2cccc(F)c2c(=O)n1N(C(=O)OC(C)(C)C)C([2H])([2H])C([2H])([2H])[2H]. The first-order chi connectivity index (χ1) is 20.2. The Balaban J connectivity index is 2.11. The largest absolute Gasteiger partial charge is 0.442 e. The second-order valence-electron chi connectivity index (χ2n) is 9.61. The number of carbonyl (C=O) groups is 2. The minimum absolute atomic E-state index is 0.00516. The molecule has 1 aromatic heterocycles. The molecule has 0 radical (unpaired) electrons. The molecule has 0 unspecified atom stereocenters. The number of benzene rings is 2. The fourth-order valence-corrected chi connectivity index (χ4v) is 4.07. The maximum Gasteiger partial charge on any atom is 0.429 e. The zero-order chi connectivity index (χ0) is 33.0. The fraction of sp³-hybridized carbons (Fsp3) is 0.393. The van der Waals surface area contributed by atoms with Crippen molar-refractivity contribution in [1.29, 1.82) is 0 Å². The molecular formula is C28H32FN3O4. The van der Waals surface area contributed by atoms with Gasteiger partial charge in [0.15, 0.2) is 0 Å². The third-order valence-corrected chi connectivity index (χ3v) is 5.78. The van der Waals surface area contributed by atoms with Crippen LogP contribution in [-0.2, 0) is 4.74 Å². The van der Waals surface area contributed by atoms with E-state index in [0.717, 1.165) is 31.0 Å². The van der Waals surface area contributed by atoms with Crippen LogP contribution in [0.25, 0.3) is 10.8 Å². The quantitative estimate of drug-likeness (QED) is 0.502. The Morgan fingerprint density at radius 3 is 2.56 bits per heavy atom. The number of rotatable bonds is 6. The summed E-state index contributed by atoms with van der Waals surface area (Å²) >= 11 is 0. The molecule has 4 rings (SSSR count). The van der Waals surface area contributed by atoms with Crippen LogP contribution in [-0.4, -0.2) is 28.8 Å². The molecule has 0 bridgehead atoms. The van der Waals surface area contributed by atoms with Gasteiger partial charge in [0.05, 0.1) is 25.4 Å². The van der Waals surface area contributed by atoms with E-state index >= 15 is 4.39 Å². The molecule has 36 heavy (non-hydrogen) atoms. The van der Waals surface area contributed by atoms with Crippen LogP contribution in [0.2, 0.25) is 0 Å². The van der Waals surface area contributed by atoms with Gasteiger partial charge < -0.3 is 10.1 Å². The molecular weight excluding hydrogens is 461 g/mol. The zero-order valence-corrected chi connectivity index (χ0v) is 20.1. The highest BCUT2D eigenvalue weighted by molar-refractivity contribution is 6.08. The Morgan fingerprint density at radius 1 is 1.22 bits per heavy atom. The van der Waals surface area contributed by atoms with Gasteiger partial charge in [-0.1, -0.05) is 42.5 Å². The van der Waals surface area contributed by atoms with Gasteiger partial charge in [-0.25, -0.2) is 18.9 Å². The number of hydrogen-bond donors (Lipinski definition) is 1. The zero-order valence-electron chi connectivity index (χ0n) is 28.1.